The van der Waals surface area contributed by atoms with Gasteiger partial charge in [0.2, 0.25) is 0 Å². The van der Waals surface area contributed by atoms with E-state index in [1.54, 1.807) is 0 Å². The molecule has 14 heavy (non-hydrogen) atoms. The second-order valence-electron chi connectivity index (χ2n) is 4.35. The van der Waals surface area contributed by atoms with Crippen LogP contribution in [0.1, 0.15) is 31.9 Å². The minimum Gasteiger partial charge on any atom is -0.506 e. The normalized spacial score (nSPS) is 11.8. The molecule has 78 valence electrons. The highest BCUT2D eigenvalue weighted by Gasteiger charge is 2.17. The van der Waals surface area contributed by atoms with Crippen molar-refractivity contribution in [3.63, 3.8) is 0 Å². The van der Waals surface area contributed by atoms with Crippen LogP contribution < -0.4 is 0 Å². The molecule has 0 unspecified atom stereocenters. The van der Waals surface area contributed by atoms with Crippen molar-refractivity contribution in [3.8, 4) is 5.75 Å². The number of halogens is 2. The van der Waals surface area contributed by atoms with E-state index in [9.17, 15) is 5.11 Å². The molecule has 0 atom stereocenters. The van der Waals surface area contributed by atoms with Crippen LogP contribution in [0.25, 0.3) is 0 Å². The number of aromatic hydroxyl groups is 1. The lowest BCUT2D eigenvalue weighted by Crippen LogP contribution is -2.11. The summed E-state index contributed by atoms with van der Waals surface area (Å²) in [7, 11) is 0. The largest absolute Gasteiger partial charge is 0.506 e. The lowest BCUT2D eigenvalue weighted by Gasteiger charge is -2.20. The highest BCUT2D eigenvalue weighted by molar-refractivity contribution is 9.08. The zero-order valence-electron chi connectivity index (χ0n) is 8.56. The Kier molecular flexibility index (Phi) is 3.49. The monoisotopic (exact) mass is 276 g/mol. The minimum absolute atomic E-state index is 0.0499. The Labute approximate surface area is 98.2 Å². The topological polar surface area (TPSA) is 20.2 Å². The zero-order valence-corrected chi connectivity index (χ0v) is 10.9. The highest BCUT2D eigenvalue weighted by atomic mass is 79.9. The predicted molar refractivity (Wildman–Crippen MR) is 64.4 cm³/mol. The third kappa shape index (κ3) is 2.43. The summed E-state index contributed by atoms with van der Waals surface area (Å²) in [6, 6.07) is 3.80. The molecule has 0 aromatic heterocycles. The van der Waals surface area contributed by atoms with E-state index in [4.69, 9.17) is 11.6 Å². The molecule has 0 spiro atoms. The molecule has 0 aliphatic carbocycles. The van der Waals surface area contributed by atoms with Crippen LogP contribution in [0, 0.1) is 0 Å². The van der Waals surface area contributed by atoms with Crippen molar-refractivity contribution in [1.29, 1.82) is 0 Å². The van der Waals surface area contributed by atoms with E-state index in [-0.39, 0.29) is 11.2 Å². The van der Waals surface area contributed by atoms with Gasteiger partial charge in [0.05, 0.1) is 5.02 Å². The highest BCUT2D eigenvalue weighted by Crippen LogP contribution is 2.34. The number of alkyl halides is 1. The maximum atomic E-state index is 9.63. The molecule has 0 saturated carbocycles. The first kappa shape index (κ1) is 11.9. The Morgan fingerprint density at radius 1 is 1.36 bits per heavy atom. The maximum Gasteiger partial charge on any atom is 0.138 e. The fourth-order valence-corrected chi connectivity index (χ4v) is 1.86. The van der Waals surface area contributed by atoms with Gasteiger partial charge in [0.15, 0.2) is 0 Å². The molecule has 1 N–H and O–H groups in total. The smallest absolute Gasteiger partial charge is 0.138 e. The van der Waals surface area contributed by atoms with E-state index in [2.05, 4.69) is 36.7 Å². The molecule has 1 rings (SSSR count). The molecule has 1 aromatic rings. The van der Waals surface area contributed by atoms with Gasteiger partial charge in [-0.05, 0) is 17.0 Å². The van der Waals surface area contributed by atoms with Gasteiger partial charge in [-0.3, -0.25) is 0 Å². The predicted octanol–water partition coefficient (Wildman–Crippen LogP) is 4.24. The molecule has 0 bridgehead atoms. The van der Waals surface area contributed by atoms with E-state index in [1.807, 2.05) is 12.1 Å². The number of hydrogen-bond donors (Lipinski definition) is 1. The van der Waals surface area contributed by atoms with E-state index < -0.39 is 0 Å². The van der Waals surface area contributed by atoms with E-state index in [0.29, 0.717) is 10.4 Å². The van der Waals surface area contributed by atoms with Crippen LogP contribution in [0.5, 0.6) is 5.75 Å². The number of phenolic OH excluding ortho intramolecular Hbond substituents is 1. The molecule has 3 heteroatoms. The number of benzene rings is 1. The van der Waals surface area contributed by atoms with Crippen molar-refractivity contribution < 1.29 is 5.11 Å². The molecule has 0 aliphatic heterocycles. The van der Waals surface area contributed by atoms with Gasteiger partial charge in [0.1, 0.15) is 5.75 Å². The summed E-state index contributed by atoms with van der Waals surface area (Å²) < 4.78 is 0. The van der Waals surface area contributed by atoms with Crippen molar-refractivity contribution in [2.24, 2.45) is 0 Å². The Morgan fingerprint density at radius 3 is 2.36 bits per heavy atom. The zero-order chi connectivity index (χ0) is 10.9. The fourth-order valence-electron chi connectivity index (χ4n) is 1.19. The van der Waals surface area contributed by atoms with E-state index in [1.165, 1.54) is 0 Å². The lowest BCUT2D eigenvalue weighted by atomic mass is 9.86. The summed E-state index contributed by atoms with van der Waals surface area (Å²) in [6.45, 7) is 6.36. The first-order valence-electron chi connectivity index (χ1n) is 4.44. The number of phenols is 1. The standard InChI is InChI=1S/C11H14BrClO/c1-11(2,3)8-4-7(6-12)10(14)9(13)5-8/h4-5,14H,6H2,1-3H3. The molecule has 1 nitrogen and oxygen atoms in total. The summed E-state index contributed by atoms with van der Waals surface area (Å²) in [5, 5.41) is 10.7. The third-order valence-corrected chi connectivity index (χ3v) is 3.04. The molecular weight excluding hydrogens is 263 g/mol. The van der Waals surface area contributed by atoms with Crippen LogP contribution in [0.15, 0.2) is 12.1 Å². The molecule has 0 heterocycles. The summed E-state index contributed by atoms with van der Waals surface area (Å²) >= 11 is 9.26. The van der Waals surface area contributed by atoms with Crippen LogP contribution in [-0.4, -0.2) is 5.11 Å². The Morgan fingerprint density at radius 2 is 1.93 bits per heavy atom. The van der Waals surface area contributed by atoms with Crippen LogP contribution in [0.3, 0.4) is 0 Å². The van der Waals surface area contributed by atoms with Gasteiger partial charge in [-0.1, -0.05) is 54.4 Å². The van der Waals surface area contributed by atoms with Crippen LogP contribution >= 0.6 is 27.5 Å². The fraction of sp³-hybridized carbons (Fsp3) is 0.455. The van der Waals surface area contributed by atoms with Gasteiger partial charge in [-0.15, -0.1) is 0 Å². The van der Waals surface area contributed by atoms with Crippen LogP contribution in [0.2, 0.25) is 5.02 Å². The molecule has 0 radical (unpaired) electrons. The lowest BCUT2D eigenvalue weighted by molar-refractivity contribution is 0.469. The molecule has 1 aromatic carbocycles. The van der Waals surface area contributed by atoms with Gasteiger partial charge in [-0.25, -0.2) is 0 Å². The average Bonchev–Trinajstić information content (AvgIpc) is 2.07. The Bertz CT molecular complexity index is 342. The summed E-state index contributed by atoms with van der Waals surface area (Å²) in [5.41, 5.74) is 2.02. The summed E-state index contributed by atoms with van der Waals surface area (Å²) in [6.07, 6.45) is 0. The number of hydrogen-bond acceptors (Lipinski definition) is 1. The van der Waals surface area contributed by atoms with Crippen molar-refractivity contribution in [1.82, 2.24) is 0 Å². The van der Waals surface area contributed by atoms with Crippen molar-refractivity contribution in [3.05, 3.63) is 28.3 Å². The van der Waals surface area contributed by atoms with Crippen molar-refractivity contribution in [2.45, 2.75) is 31.5 Å². The molecule has 0 amide bonds. The Balaban J connectivity index is 3.30. The SMILES string of the molecule is CC(C)(C)c1cc(Cl)c(O)c(CBr)c1. The van der Waals surface area contributed by atoms with E-state index >= 15 is 0 Å². The molecular formula is C11H14BrClO. The minimum atomic E-state index is 0.0499. The summed E-state index contributed by atoms with van der Waals surface area (Å²) in [4.78, 5) is 0. The van der Waals surface area contributed by atoms with Gasteiger partial charge < -0.3 is 5.11 Å². The third-order valence-electron chi connectivity index (χ3n) is 2.15. The van der Waals surface area contributed by atoms with Gasteiger partial charge >= 0.3 is 0 Å². The summed E-state index contributed by atoms with van der Waals surface area (Å²) in [5.74, 6) is 0.177. The second kappa shape index (κ2) is 4.11. The van der Waals surface area contributed by atoms with Gasteiger partial charge in [0, 0.05) is 10.9 Å². The van der Waals surface area contributed by atoms with Crippen molar-refractivity contribution >= 4 is 27.5 Å². The van der Waals surface area contributed by atoms with Crippen LogP contribution in [-0.2, 0) is 10.7 Å². The maximum absolute atomic E-state index is 9.63. The molecule has 0 fully saturated rings. The first-order chi connectivity index (χ1) is 6.36. The van der Waals surface area contributed by atoms with E-state index in [0.717, 1.165) is 11.1 Å². The molecule has 0 aliphatic rings. The average molecular weight is 278 g/mol. The van der Waals surface area contributed by atoms with Gasteiger partial charge in [-0.2, -0.15) is 0 Å². The number of rotatable bonds is 1. The van der Waals surface area contributed by atoms with Crippen molar-refractivity contribution in [2.75, 3.05) is 0 Å². The molecule has 0 saturated heterocycles. The van der Waals surface area contributed by atoms with Gasteiger partial charge in [0.25, 0.3) is 0 Å². The van der Waals surface area contributed by atoms with Crippen LogP contribution in [0.4, 0.5) is 0 Å². The Hall–Kier alpha value is -0.210. The quantitative estimate of drug-likeness (QED) is 0.761. The first-order valence-corrected chi connectivity index (χ1v) is 5.94. The second-order valence-corrected chi connectivity index (χ2v) is 5.32.